The number of rotatable bonds is 2. The first kappa shape index (κ1) is 9.49. The van der Waals surface area contributed by atoms with Crippen molar-refractivity contribution >= 4 is 0 Å². The van der Waals surface area contributed by atoms with Crippen LogP contribution in [-0.4, -0.2) is 31.4 Å². The molecule has 1 aliphatic rings. The fraction of sp³-hybridized carbons (Fsp3) is 0.455. The van der Waals surface area contributed by atoms with Gasteiger partial charge in [0.1, 0.15) is 5.75 Å². The Morgan fingerprint density at radius 1 is 1.29 bits per heavy atom. The minimum Gasteiger partial charge on any atom is -0.497 e. The van der Waals surface area contributed by atoms with Gasteiger partial charge in [-0.2, -0.15) is 0 Å². The lowest BCUT2D eigenvalue weighted by Crippen LogP contribution is -2.15. The number of benzene rings is 1. The Balaban J connectivity index is 2.16. The molecule has 1 heterocycles. The molecule has 3 nitrogen and oxygen atoms in total. The van der Waals surface area contributed by atoms with Gasteiger partial charge in [-0.05, 0) is 17.7 Å². The number of aliphatic hydroxyl groups excluding tert-OH is 1. The molecule has 0 radical (unpaired) electrons. The van der Waals surface area contributed by atoms with Gasteiger partial charge >= 0.3 is 0 Å². The summed E-state index contributed by atoms with van der Waals surface area (Å²) < 4.78 is 5.08. The van der Waals surface area contributed by atoms with E-state index in [1.807, 2.05) is 24.3 Å². The highest BCUT2D eigenvalue weighted by molar-refractivity contribution is 5.30. The smallest absolute Gasteiger partial charge is 0.118 e. The van der Waals surface area contributed by atoms with Crippen molar-refractivity contribution < 1.29 is 9.84 Å². The highest BCUT2D eigenvalue weighted by atomic mass is 16.5. The molecule has 2 atom stereocenters. The molecule has 0 unspecified atom stereocenters. The molecule has 0 spiro atoms. The maximum Gasteiger partial charge on any atom is 0.118 e. The monoisotopic (exact) mass is 193 g/mol. The molecule has 76 valence electrons. The van der Waals surface area contributed by atoms with Crippen LogP contribution in [0.1, 0.15) is 11.5 Å². The van der Waals surface area contributed by atoms with Crippen molar-refractivity contribution in [2.45, 2.75) is 12.0 Å². The molecule has 0 aromatic heterocycles. The van der Waals surface area contributed by atoms with Gasteiger partial charge in [0.25, 0.3) is 0 Å². The second kappa shape index (κ2) is 3.98. The minimum absolute atomic E-state index is 0.223. The van der Waals surface area contributed by atoms with Gasteiger partial charge in [-0.3, -0.25) is 0 Å². The van der Waals surface area contributed by atoms with E-state index in [1.165, 1.54) is 5.56 Å². The van der Waals surface area contributed by atoms with E-state index in [1.54, 1.807) is 7.11 Å². The van der Waals surface area contributed by atoms with E-state index < -0.39 is 0 Å². The second-order valence-corrected chi connectivity index (χ2v) is 3.61. The molecular formula is C11H15NO2. The fourth-order valence-corrected chi connectivity index (χ4v) is 1.86. The van der Waals surface area contributed by atoms with Gasteiger partial charge in [-0.15, -0.1) is 0 Å². The van der Waals surface area contributed by atoms with E-state index in [0.29, 0.717) is 6.54 Å². The summed E-state index contributed by atoms with van der Waals surface area (Å²) in [5, 5.41) is 12.8. The largest absolute Gasteiger partial charge is 0.497 e. The highest BCUT2D eigenvalue weighted by Crippen LogP contribution is 2.24. The van der Waals surface area contributed by atoms with Crippen LogP contribution < -0.4 is 10.1 Å². The number of ether oxygens (including phenoxy) is 1. The van der Waals surface area contributed by atoms with Crippen molar-refractivity contribution in [3.8, 4) is 5.75 Å². The van der Waals surface area contributed by atoms with Crippen molar-refractivity contribution in [2.75, 3.05) is 20.2 Å². The number of hydrogen-bond donors (Lipinski definition) is 2. The zero-order chi connectivity index (χ0) is 9.97. The Hall–Kier alpha value is -1.06. The van der Waals surface area contributed by atoms with E-state index in [2.05, 4.69) is 5.32 Å². The van der Waals surface area contributed by atoms with Crippen LogP contribution in [0.5, 0.6) is 5.75 Å². The summed E-state index contributed by atoms with van der Waals surface area (Å²) in [6, 6.07) is 7.89. The third-order valence-corrected chi connectivity index (χ3v) is 2.73. The van der Waals surface area contributed by atoms with Gasteiger partial charge in [0.15, 0.2) is 0 Å². The van der Waals surface area contributed by atoms with Crippen LogP contribution in [0.3, 0.4) is 0 Å². The Bertz CT molecular complexity index is 297. The summed E-state index contributed by atoms with van der Waals surface area (Å²) in [7, 11) is 1.65. The fourth-order valence-electron chi connectivity index (χ4n) is 1.86. The molecule has 0 aliphatic carbocycles. The molecule has 1 aromatic carbocycles. The van der Waals surface area contributed by atoms with E-state index in [-0.39, 0.29) is 12.0 Å². The molecule has 1 saturated heterocycles. The van der Waals surface area contributed by atoms with Crippen LogP contribution in [0.2, 0.25) is 0 Å². The zero-order valence-electron chi connectivity index (χ0n) is 8.23. The number of β-amino-alcohol motifs (C(OH)–C–C–N with tert-alkyl or cyclic N) is 1. The number of methoxy groups -OCH3 is 1. The molecular weight excluding hydrogens is 178 g/mol. The van der Waals surface area contributed by atoms with Gasteiger partial charge < -0.3 is 15.2 Å². The van der Waals surface area contributed by atoms with E-state index >= 15 is 0 Å². The van der Waals surface area contributed by atoms with Crippen LogP contribution in [0.25, 0.3) is 0 Å². The van der Waals surface area contributed by atoms with Gasteiger partial charge in [-0.1, -0.05) is 12.1 Å². The second-order valence-electron chi connectivity index (χ2n) is 3.61. The predicted octanol–water partition coefficient (Wildman–Crippen LogP) is 0.743. The lowest BCUT2D eigenvalue weighted by atomic mass is 9.96. The molecule has 0 amide bonds. The summed E-state index contributed by atoms with van der Waals surface area (Å²) in [5.41, 5.74) is 1.17. The first-order valence-electron chi connectivity index (χ1n) is 4.84. The first-order valence-corrected chi connectivity index (χ1v) is 4.84. The predicted molar refractivity (Wildman–Crippen MR) is 54.6 cm³/mol. The van der Waals surface area contributed by atoms with Crippen LogP contribution >= 0.6 is 0 Å². The van der Waals surface area contributed by atoms with Gasteiger partial charge in [0, 0.05) is 19.0 Å². The standard InChI is InChI=1S/C11H15NO2/c1-14-9-4-2-8(3-5-9)10-6-12-7-11(10)13/h2-5,10-13H,6-7H2,1H3/t10-,11+/m1/s1. The van der Waals surface area contributed by atoms with Gasteiger partial charge in [0.2, 0.25) is 0 Å². The van der Waals surface area contributed by atoms with Crippen molar-refractivity contribution in [3.05, 3.63) is 29.8 Å². The highest BCUT2D eigenvalue weighted by Gasteiger charge is 2.25. The normalized spacial score (nSPS) is 26.4. The Kier molecular flexibility index (Phi) is 2.70. The topological polar surface area (TPSA) is 41.5 Å². The summed E-state index contributed by atoms with van der Waals surface area (Å²) in [5.74, 6) is 1.08. The average molecular weight is 193 g/mol. The molecule has 1 fully saturated rings. The molecule has 1 aliphatic heterocycles. The Labute approximate surface area is 83.7 Å². The number of aliphatic hydroxyl groups is 1. The van der Waals surface area contributed by atoms with E-state index in [0.717, 1.165) is 12.3 Å². The van der Waals surface area contributed by atoms with Gasteiger partial charge in [0.05, 0.1) is 13.2 Å². The third-order valence-electron chi connectivity index (χ3n) is 2.73. The summed E-state index contributed by atoms with van der Waals surface area (Å²) in [4.78, 5) is 0. The quantitative estimate of drug-likeness (QED) is 0.728. The Morgan fingerprint density at radius 3 is 2.50 bits per heavy atom. The molecule has 2 rings (SSSR count). The SMILES string of the molecule is COc1ccc([C@H]2CNC[C@@H]2O)cc1. The van der Waals surface area contributed by atoms with E-state index in [9.17, 15) is 5.11 Å². The summed E-state index contributed by atoms with van der Waals surface area (Å²) in [6.07, 6.45) is -0.261. The molecule has 0 saturated carbocycles. The lowest BCUT2D eigenvalue weighted by molar-refractivity contribution is 0.177. The van der Waals surface area contributed by atoms with Crippen LogP contribution in [0.4, 0.5) is 0 Å². The third kappa shape index (κ3) is 1.74. The molecule has 1 aromatic rings. The number of nitrogens with one attached hydrogen (secondary N) is 1. The summed E-state index contributed by atoms with van der Waals surface area (Å²) >= 11 is 0. The van der Waals surface area contributed by atoms with E-state index in [4.69, 9.17) is 4.74 Å². The molecule has 2 N–H and O–H groups in total. The first-order chi connectivity index (χ1) is 6.81. The minimum atomic E-state index is -0.261. The van der Waals surface area contributed by atoms with Crippen LogP contribution in [0, 0.1) is 0 Å². The maximum atomic E-state index is 9.68. The molecule has 3 heteroatoms. The Morgan fingerprint density at radius 2 is 2.00 bits per heavy atom. The lowest BCUT2D eigenvalue weighted by Gasteiger charge is -2.13. The molecule has 0 bridgehead atoms. The van der Waals surface area contributed by atoms with Crippen molar-refractivity contribution in [1.82, 2.24) is 5.32 Å². The average Bonchev–Trinajstić information content (AvgIpc) is 2.65. The van der Waals surface area contributed by atoms with Crippen molar-refractivity contribution in [3.63, 3.8) is 0 Å². The van der Waals surface area contributed by atoms with Crippen LogP contribution in [0.15, 0.2) is 24.3 Å². The molecule has 14 heavy (non-hydrogen) atoms. The van der Waals surface area contributed by atoms with Crippen molar-refractivity contribution in [2.24, 2.45) is 0 Å². The van der Waals surface area contributed by atoms with Crippen LogP contribution in [-0.2, 0) is 0 Å². The number of hydrogen-bond acceptors (Lipinski definition) is 3. The summed E-state index contributed by atoms with van der Waals surface area (Å²) in [6.45, 7) is 1.55. The van der Waals surface area contributed by atoms with Crippen molar-refractivity contribution in [1.29, 1.82) is 0 Å². The maximum absolute atomic E-state index is 9.68. The zero-order valence-corrected chi connectivity index (χ0v) is 8.23. The van der Waals surface area contributed by atoms with Gasteiger partial charge in [-0.25, -0.2) is 0 Å².